The zero-order valence-electron chi connectivity index (χ0n) is 9.70. The summed E-state index contributed by atoms with van der Waals surface area (Å²) in [6, 6.07) is 0. The van der Waals surface area contributed by atoms with Crippen molar-refractivity contribution >= 4 is 11.8 Å². The van der Waals surface area contributed by atoms with E-state index in [-0.39, 0.29) is 36.4 Å². The summed E-state index contributed by atoms with van der Waals surface area (Å²) in [6.45, 7) is 0. The van der Waals surface area contributed by atoms with Gasteiger partial charge in [-0.15, -0.1) is 0 Å². The topological polar surface area (TPSA) is 63.6 Å². The van der Waals surface area contributed by atoms with E-state index in [0.717, 1.165) is 12.8 Å². The lowest BCUT2D eigenvalue weighted by Gasteiger charge is -2.55. The molecule has 6 heteroatoms. The van der Waals surface area contributed by atoms with E-state index in [0.29, 0.717) is 6.42 Å². The highest BCUT2D eigenvalue weighted by Crippen LogP contribution is 2.56. The highest BCUT2D eigenvalue weighted by molar-refractivity contribution is 5.86. The van der Waals surface area contributed by atoms with Crippen LogP contribution in [-0.2, 0) is 14.3 Å². The van der Waals surface area contributed by atoms with E-state index in [4.69, 9.17) is 5.11 Å². The van der Waals surface area contributed by atoms with Gasteiger partial charge in [0.05, 0.1) is 5.60 Å². The Hall–Kier alpha value is -1.04. The standard InChI is InChI=1S/C12H14F2O4/c13-12(14,10(16)17)18-11-3-6-1-7(4-11)9(15)8(2-6)5-11/h6-8H,1-5H2,(H,16,17). The van der Waals surface area contributed by atoms with Gasteiger partial charge in [0.15, 0.2) is 0 Å². The Morgan fingerprint density at radius 2 is 1.83 bits per heavy atom. The first-order valence-electron chi connectivity index (χ1n) is 6.16. The molecule has 4 fully saturated rings. The van der Waals surface area contributed by atoms with E-state index in [1.165, 1.54) is 0 Å². The molecule has 0 aliphatic heterocycles. The number of hydrogen-bond donors (Lipinski definition) is 1. The summed E-state index contributed by atoms with van der Waals surface area (Å²) in [5.74, 6) is -2.29. The molecule has 1 N–H and O–H groups in total. The molecule has 4 aliphatic carbocycles. The van der Waals surface area contributed by atoms with Crippen molar-refractivity contribution in [2.24, 2.45) is 17.8 Å². The molecule has 18 heavy (non-hydrogen) atoms. The molecule has 0 aromatic carbocycles. The second-order valence-corrected chi connectivity index (χ2v) is 5.85. The Morgan fingerprint density at radius 3 is 2.33 bits per heavy atom. The highest BCUT2D eigenvalue weighted by Gasteiger charge is 2.60. The molecular formula is C12H14F2O4. The van der Waals surface area contributed by atoms with Crippen LogP contribution in [0.5, 0.6) is 0 Å². The molecule has 0 aromatic heterocycles. The lowest BCUT2D eigenvalue weighted by atomic mass is 9.53. The van der Waals surface area contributed by atoms with Gasteiger partial charge in [-0.25, -0.2) is 4.79 Å². The van der Waals surface area contributed by atoms with Crippen molar-refractivity contribution in [3.63, 3.8) is 0 Å². The van der Waals surface area contributed by atoms with Gasteiger partial charge in [0.1, 0.15) is 5.78 Å². The van der Waals surface area contributed by atoms with Crippen LogP contribution in [0.4, 0.5) is 8.78 Å². The number of ketones is 1. The van der Waals surface area contributed by atoms with Crippen LogP contribution in [0.25, 0.3) is 0 Å². The van der Waals surface area contributed by atoms with Crippen LogP contribution >= 0.6 is 0 Å². The van der Waals surface area contributed by atoms with Gasteiger partial charge >= 0.3 is 12.1 Å². The number of Topliss-reactive ketones (excluding diaryl/α,β-unsaturated/α-hetero) is 1. The van der Waals surface area contributed by atoms with Crippen LogP contribution in [0.1, 0.15) is 32.1 Å². The maximum atomic E-state index is 13.2. The van der Waals surface area contributed by atoms with Crippen LogP contribution in [0, 0.1) is 17.8 Å². The zero-order valence-corrected chi connectivity index (χ0v) is 9.70. The largest absolute Gasteiger partial charge is 0.475 e. The first kappa shape index (κ1) is 12.0. The molecule has 0 aromatic rings. The van der Waals surface area contributed by atoms with Gasteiger partial charge in [-0.1, -0.05) is 0 Å². The zero-order chi connectivity index (χ0) is 13.1. The molecule has 4 saturated carbocycles. The summed E-state index contributed by atoms with van der Waals surface area (Å²) in [4.78, 5) is 22.3. The third-order valence-corrected chi connectivity index (χ3v) is 4.53. The number of halogens is 2. The van der Waals surface area contributed by atoms with Gasteiger partial charge < -0.3 is 9.84 Å². The van der Waals surface area contributed by atoms with Crippen LogP contribution in [0.15, 0.2) is 0 Å². The monoisotopic (exact) mass is 260 g/mol. The van der Waals surface area contributed by atoms with Crippen LogP contribution in [0.3, 0.4) is 0 Å². The van der Waals surface area contributed by atoms with Crippen LogP contribution in [0.2, 0.25) is 0 Å². The number of alkyl halides is 2. The molecular weight excluding hydrogens is 246 g/mol. The molecule has 0 amide bonds. The minimum atomic E-state index is -4.16. The normalized spacial score (nSPS) is 42.3. The van der Waals surface area contributed by atoms with Crippen LogP contribution < -0.4 is 0 Å². The SMILES string of the molecule is O=C1C2CC3CC1CC(OC(F)(F)C(=O)O)(C3)C2. The quantitative estimate of drug-likeness (QED) is 0.840. The molecule has 0 spiro atoms. The fourth-order valence-electron chi connectivity index (χ4n) is 4.12. The Bertz CT molecular complexity index is 402. The number of ether oxygens (including phenoxy) is 1. The van der Waals surface area contributed by atoms with Crippen molar-refractivity contribution in [1.29, 1.82) is 0 Å². The average molecular weight is 260 g/mol. The number of rotatable bonds is 3. The van der Waals surface area contributed by atoms with E-state index in [1.807, 2.05) is 0 Å². The maximum absolute atomic E-state index is 13.2. The highest BCUT2D eigenvalue weighted by atomic mass is 19.3. The van der Waals surface area contributed by atoms with Crippen molar-refractivity contribution in [1.82, 2.24) is 0 Å². The van der Waals surface area contributed by atoms with Crippen molar-refractivity contribution in [3.05, 3.63) is 0 Å². The first-order valence-corrected chi connectivity index (χ1v) is 6.16. The molecule has 100 valence electrons. The minimum Gasteiger partial charge on any atom is -0.475 e. The lowest BCUT2D eigenvalue weighted by molar-refractivity contribution is -0.310. The average Bonchev–Trinajstić information content (AvgIpc) is 2.23. The van der Waals surface area contributed by atoms with Gasteiger partial charge in [-0.05, 0) is 38.0 Å². The Balaban J connectivity index is 1.84. The Labute approximate surface area is 102 Å². The van der Waals surface area contributed by atoms with Crippen molar-refractivity contribution in [2.45, 2.75) is 43.8 Å². The van der Waals surface area contributed by atoms with Crippen LogP contribution in [-0.4, -0.2) is 28.6 Å². The Kier molecular flexibility index (Phi) is 2.33. The van der Waals surface area contributed by atoms with Gasteiger partial charge in [0.2, 0.25) is 0 Å². The van der Waals surface area contributed by atoms with E-state index in [9.17, 15) is 18.4 Å². The summed E-state index contributed by atoms with van der Waals surface area (Å²) >= 11 is 0. The number of carbonyl (C=O) groups is 2. The number of hydrogen-bond acceptors (Lipinski definition) is 3. The molecule has 0 heterocycles. The minimum absolute atomic E-state index is 0.156. The fraction of sp³-hybridized carbons (Fsp3) is 0.833. The lowest BCUT2D eigenvalue weighted by Crippen LogP contribution is -2.58. The van der Waals surface area contributed by atoms with E-state index < -0.39 is 17.7 Å². The summed E-state index contributed by atoms with van der Waals surface area (Å²) in [5.41, 5.74) is -1.10. The molecule has 0 saturated heterocycles. The fourth-order valence-corrected chi connectivity index (χ4v) is 4.12. The van der Waals surface area contributed by atoms with E-state index >= 15 is 0 Å². The second kappa shape index (κ2) is 3.50. The molecule has 2 unspecified atom stereocenters. The van der Waals surface area contributed by atoms with Crippen molar-refractivity contribution in [3.8, 4) is 0 Å². The summed E-state index contributed by atoms with van der Waals surface area (Å²) < 4.78 is 31.2. The number of carbonyl (C=O) groups excluding carboxylic acids is 1. The molecule has 4 aliphatic rings. The maximum Gasteiger partial charge on any atom is 0.456 e. The second-order valence-electron chi connectivity index (χ2n) is 5.85. The molecule has 0 radical (unpaired) electrons. The van der Waals surface area contributed by atoms with E-state index in [1.54, 1.807) is 0 Å². The molecule has 4 rings (SSSR count). The molecule has 4 nitrogen and oxygen atoms in total. The van der Waals surface area contributed by atoms with Gasteiger partial charge in [-0.3, -0.25) is 4.79 Å². The van der Waals surface area contributed by atoms with Gasteiger partial charge in [-0.2, -0.15) is 8.78 Å². The van der Waals surface area contributed by atoms with Crippen molar-refractivity contribution in [2.75, 3.05) is 0 Å². The summed E-state index contributed by atoms with van der Waals surface area (Å²) in [6.07, 6.45) is -1.70. The molecule has 4 bridgehead atoms. The third-order valence-electron chi connectivity index (χ3n) is 4.53. The Morgan fingerprint density at radius 1 is 1.28 bits per heavy atom. The van der Waals surface area contributed by atoms with Gasteiger partial charge in [0, 0.05) is 11.8 Å². The first-order chi connectivity index (χ1) is 8.31. The molecule has 2 atom stereocenters. The predicted molar refractivity (Wildman–Crippen MR) is 55.0 cm³/mol. The van der Waals surface area contributed by atoms with Gasteiger partial charge in [0.25, 0.3) is 0 Å². The summed E-state index contributed by atoms with van der Waals surface area (Å²) in [7, 11) is 0. The summed E-state index contributed by atoms with van der Waals surface area (Å²) in [5, 5.41) is 8.45. The number of aliphatic carboxylic acids is 1. The van der Waals surface area contributed by atoms with Crippen molar-refractivity contribution < 1.29 is 28.2 Å². The number of carboxylic acids is 1. The van der Waals surface area contributed by atoms with E-state index in [2.05, 4.69) is 4.74 Å². The smallest absolute Gasteiger partial charge is 0.456 e. The third kappa shape index (κ3) is 1.66. The number of carboxylic acid groups (broad SMARTS) is 1. The predicted octanol–water partition coefficient (Wildman–Crippen LogP) is 1.83.